The molecule has 2 aromatic carbocycles. The molecule has 7 nitrogen and oxygen atoms in total. The number of nitrogen functional groups attached to an aromatic ring is 1. The maximum atomic E-state index is 13.2. The van der Waals surface area contributed by atoms with Crippen molar-refractivity contribution in [1.82, 2.24) is 0 Å². The topological polar surface area (TPSA) is 89.2 Å². The number of carbonyl (C=O) groups excluding carboxylic acids is 1. The van der Waals surface area contributed by atoms with Crippen LogP contribution in [0.4, 0.5) is 5.69 Å². The molecule has 0 bridgehead atoms. The summed E-state index contributed by atoms with van der Waals surface area (Å²) in [7, 11) is 7.61. The summed E-state index contributed by atoms with van der Waals surface area (Å²) in [5.41, 5.74) is 7.07. The molecule has 0 unspecified atom stereocenters. The van der Waals surface area contributed by atoms with E-state index >= 15 is 0 Å². The van der Waals surface area contributed by atoms with Crippen LogP contribution >= 0.6 is 11.3 Å². The van der Waals surface area contributed by atoms with Crippen LogP contribution < -0.4 is 29.4 Å². The lowest BCUT2D eigenvalue weighted by Crippen LogP contribution is -2.04. The molecule has 0 radical (unpaired) electrons. The van der Waals surface area contributed by atoms with E-state index in [2.05, 4.69) is 0 Å². The number of nitrogens with two attached hydrogens (primary N) is 1. The summed E-state index contributed by atoms with van der Waals surface area (Å²) in [6, 6.07) is 6.79. The van der Waals surface area contributed by atoms with Crippen LogP contribution in [-0.4, -0.2) is 41.3 Å². The first kappa shape index (κ1) is 19.6. The maximum Gasteiger partial charge on any atom is 0.205 e. The molecule has 0 fully saturated rings. The highest BCUT2D eigenvalue weighted by atomic mass is 32.1. The lowest BCUT2D eigenvalue weighted by Gasteiger charge is -2.13. The van der Waals surface area contributed by atoms with E-state index in [1.165, 1.54) is 32.7 Å². The molecule has 8 heteroatoms. The van der Waals surface area contributed by atoms with Crippen LogP contribution in [0, 0.1) is 0 Å². The maximum absolute atomic E-state index is 13.2. The minimum Gasteiger partial charge on any atom is -0.493 e. The first-order valence-electron chi connectivity index (χ1n) is 8.27. The van der Waals surface area contributed by atoms with Crippen molar-refractivity contribution < 1.29 is 28.5 Å². The first-order chi connectivity index (χ1) is 13.5. The molecule has 0 saturated carbocycles. The Hall–Kier alpha value is -3.13. The van der Waals surface area contributed by atoms with Crippen molar-refractivity contribution in [2.24, 2.45) is 0 Å². The summed E-state index contributed by atoms with van der Waals surface area (Å²) in [6.07, 6.45) is 0. The van der Waals surface area contributed by atoms with Crippen molar-refractivity contribution in [1.29, 1.82) is 0 Å². The lowest BCUT2D eigenvalue weighted by molar-refractivity contribution is 0.104. The zero-order valence-electron chi connectivity index (χ0n) is 16.2. The van der Waals surface area contributed by atoms with Crippen LogP contribution in [0.25, 0.3) is 10.1 Å². The van der Waals surface area contributed by atoms with E-state index in [0.29, 0.717) is 44.9 Å². The number of fused-ring (bicyclic) bond motifs is 1. The summed E-state index contributed by atoms with van der Waals surface area (Å²) in [4.78, 5) is 13.6. The standard InChI is InChI=1S/C20H21NO6S/c1-23-12-8-11-16(9-13(12)24-2)28-20(17(11)21)18(22)10-6-14(25-3)19(27-5)15(7-10)26-4/h6-9H,21H2,1-5H3. The largest absolute Gasteiger partial charge is 0.493 e. The summed E-state index contributed by atoms with van der Waals surface area (Å²) in [6.45, 7) is 0. The summed E-state index contributed by atoms with van der Waals surface area (Å²) in [5.74, 6) is 2.09. The molecule has 0 atom stereocenters. The number of ketones is 1. The number of ether oxygens (including phenoxy) is 5. The molecule has 3 aromatic rings. The van der Waals surface area contributed by atoms with Crippen LogP contribution in [0.5, 0.6) is 28.7 Å². The van der Waals surface area contributed by atoms with Crippen molar-refractivity contribution in [2.45, 2.75) is 0 Å². The van der Waals surface area contributed by atoms with Gasteiger partial charge in [0.2, 0.25) is 11.5 Å². The van der Waals surface area contributed by atoms with E-state index in [-0.39, 0.29) is 5.78 Å². The van der Waals surface area contributed by atoms with E-state index in [1.54, 1.807) is 38.5 Å². The molecule has 0 amide bonds. The molecule has 3 rings (SSSR count). The fourth-order valence-corrected chi connectivity index (χ4v) is 4.05. The molecule has 0 saturated heterocycles. The van der Waals surface area contributed by atoms with Gasteiger partial charge in [0.25, 0.3) is 0 Å². The Morgan fingerprint density at radius 1 is 0.786 bits per heavy atom. The third-order valence-electron chi connectivity index (χ3n) is 4.37. The molecular weight excluding hydrogens is 382 g/mol. The van der Waals surface area contributed by atoms with Gasteiger partial charge in [-0.1, -0.05) is 0 Å². The molecule has 1 aromatic heterocycles. The van der Waals surface area contributed by atoms with Crippen molar-refractivity contribution >= 4 is 32.9 Å². The number of thiophene rings is 1. The normalized spacial score (nSPS) is 10.6. The van der Waals surface area contributed by atoms with Crippen molar-refractivity contribution in [2.75, 3.05) is 41.3 Å². The molecule has 0 spiro atoms. The molecule has 0 aliphatic carbocycles. The van der Waals surface area contributed by atoms with Gasteiger partial charge in [0.05, 0.1) is 46.1 Å². The van der Waals surface area contributed by atoms with Crippen LogP contribution in [0.2, 0.25) is 0 Å². The number of benzene rings is 2. The van der Waals surface area contributed by atoms with Crippen LogP contribution in [-0.2, 0) is 0 Å². The Morgan fingerprint density at radius 2 is 1.32 bits per heavy atom. The lowest BCUT2D eigenvalue weighted by atomic mass is 10.1. The quantitative estimate of drug-likeness (QED) is 0.601. The second kappa shape index (κ2) is 7.85. The van der Waals surface area contributed by atoms with Crippen molar-refractivity contribution in [3.8, 4) is 28.7 Å². The predicted molar refractivity (Wildman–Crippen MR) is 109 cm³/mol. The zero-order chi connectivity index (χ0) is 20.4. The molecule has 148 valence electrons. The highest BCUT2D eigenvalue weighted by molar-refractivity contribution is 7.21. The smallest absolute Gasteiger partial charge is 0.205 e. The fraction of sp³-hybridized carbons (Fsp3) is 0.250. The molecular formula is C20H21NO6S. The average molecular weight is 403 g/mol. The molecule has 1 heterocycles. The van der Waals surface area contributed by atoms with E-state index in [9.17, 15) is 4.79 Å². The molecule has 28 heavy (non-hydrogen) atoms. The first-order valence-corrected chi connectivity index (χ1v) is 9.09. The number of rotatable bonds is 7. The van der Waals surface area contributed by atoms with E-state index < -0.39 is 0 Å². The van der Waals surface area contributed by atoms with Gasteiger partial charge < -0.3 is 29.4 Å². The van der Waals surface area contributed by atoms with Crippen LogP contribution in [0.15, 0.2) is 24.3 Å². The molecule has 0 aliphatic heterocycles. The van der Waals surface area contributed by atoms with Crippen molar-refractivity contribution in [3.63, 3.8) is 0 Å². The van der Waals surface area contributed by atoms with Gasteiger partial charge in [-0.05, 0) is 18.2 Å². The van der Waals surface area contributed by atoms with Gasteiger partial charge in [-0.2, -0.15) is 0 Å². The highest BCUT2D eigenvalue weighted by Gasteiger charge is 2.23. The Labute approximate surface area is 166 Å². The predicted octanol–water partition coefficient (Wildman–Crippen LogP) is 3.76. The number of hydrogen-bond donors (Lipinski definition) is 1. The molecule has 2 N–H and O–H groups in total. The summed E-state index contributed by atoms with van der Waals surface area (Å²) in [5, 5.41) is 0.735. The number of hydrogen-bond acceptors (Lipinski definition) is 8. The fourth-order valence-electron chi connectivity index (χ4n) is 2.95. The average Bonchev–Trinajstić information content (AvgIpc) is 3.06. The number of carbonyl (C=O) groups is 1. The Morgan fingerprint density at radius 3 is 1.82 bits per heavy atom. The zero-order valence-corrected chi connectivity index (χ0v) is 17.1. The van der Waals surface area contributed by atoms with E-state index in [1.807, 2.05) is 0 Å². The summed E-state index contributed by atoms with van der Waals surface area (Å²) >= 11 is 1.29. The third kappa shape index (κ3) is 3.16. The Kier molecular flexibility index (Phi) is 5.51. The second-order valence-corrected chi connectivity index (χ2v) is 6.84. The van der Waals surface area contributed by atoms with Gasteiger partial charge in [0.15, 0.2) is 23.0 Å². The monoisotopic (exact) mass is 403 g/mol. The second-order valence-electron chi connectivity index (χ2n) is 5.79. The number of methoxy groups -OCH3 is 5. The van der Waals surface area contributed by atoms with Crippen LogP contribution in [0.3, 0.4) is 0 Å². The van der Waals surface area contributed by atoms with Gasteiger partial charge in [0, 0.05) is 21.7 Å². The Balaban J connectivity index is 2.15. The van der Waals surface area contributed by atoms with E-state index in [4.69, 9.17) is 29.4 Å². The molecule has 0 aliphatic rings. The van der Waals surface area contributed by atoms with E-state index in [0.717, 1.165) is 10.1 Å². The van der Waals surface area contributed by atoms with Crippen LogP contribution in [0.1, 0.15) is 15.2 Å². The Bertz CT molecular complexity index is 1020. The van der Waals surface area contributed by atoms with Gasteiger partial charge >= 0.3 is 0 Å². The summed E-state index contributed by atoms with van der Waals surface area (Å²) < 4.78 is 27.5. The number of anilines is 1. The van der Waals surface area contributed by atoms with Gasteiger partial charge in [0.1, 0.15) is 0 Å². The van der Waals surface area contributed by atoms with Gasteiger partial charge in [-0.25, -0.2) is 0 Å². The SMILES string of the molecule is COc1cc2sc(C(=O)c3cc(OC)c(OC)c(OC)c3)c(N)c2cc1OC. The van der Waals surface area contributed by atoms with Crippen molar-refractivity contribution in [3.05, 3.63) is 34.7 Å². The van der Waals surface area contributed by atoms with Gasteiger partial charge in [-0.3, -0.25) is 4.79 Å². The minimum absolute atomic E-state index is 0.240. The van der Waals surface area contributed by atoms with Gasteiger partial charge in [-0.15, -0.1) is 11.3 Å². The third-order valence-corrected chi connectivity index (χ3v) is 5.53. The highest BCUT2D eigenvalue weighted by Crippen LogP contribution is 2.43. The minimum atomic E-state index is -0.240.